The fourth-order valence-corrected chi connectivity index (χ4v) is 5.33. The Morgan fingerprint density at radius 2 is 1.74 bits per heavy atom. The number of amides is 1. The maximum Gasteiger partial charge on any atom is 0.350 e. The van der Waals surface area contributed by atoms with Gasteiger partial charge in [0.1, 0.15) is 23.0 Å². The van der Waals surface area contributed by atoms with Crippen LogP contribution in [0, 0.1) is 6.92 Å². The predicted octanol–water partition coefficient (Wildman–Crippen LogP) is 5.39. The van der Waals surface area contributed by atoms with Crippen molar-refractivity contribution in [1.29, 1.82) is 0 Å². The van der Waals surface area contributed by atoms with Gasteiger partial charge in [0, 0.05) is 5.56 Å². The number of aryl methyl sites for hydroxylation is 1. The van der Waals surface area contributed by atoms with Crippen LogP contribution in [-0.4, -0.2) is 54.0 Å². The van der Waals surface area contributed by atoms with Crippen LogP contribution in [-0.2, 0) is 19.1 Å². The molecule has 1 aliphatic rings. The van der Waals surface area contributed by atoms with Gasteiger partial charge in [0.2, 0.25) is 0 Å². The average Bonchev–Trinajstić information content (AvgIpc) is 3.51. The number of carbonyl (C=O) groups excluding carboxylic acids is 4. The zero-order valence-electron chi connectivity index (χ0n) is 23.4. The predicted molar refractivity (Wildman–Crippen MR) is 157 cm³/mol. The molecule has 0 spiro atoms. The number of carbonyl (C=O) groups is 4. The van der Waals surface area contributed by atoms with Gasteiger partial charge in [-0.1, -0.05) is 49.5 Å². The fraction of sp³-hybridized carbons (Fsp3) is 0.258. The summed E-state index contributed by atoms with van der Waals surface area (Å²) < 4.78 is 15.6. The second-order valence-corrected chi connectivity index (χ2v) is 10.3. The number of hydrogen-bond acceptors (Lipinski definition) is 10. The Hall–Kier alpha value is -4.77. The van der Waals surface area contributed by atoms with E-state index in [9.17, 15) is 24.3 Å². The van der Waals surface area contributed by atoms with Crippen LogP contribution in [0.25, 0.3) is 5.76 Å². The molecule has 1 aliphatic heterocycles. The molecule has 0 saturated carbocycles. The van der Waals surface area contributed by atoms with Gasteiger partial charge in [0.25, 0.3) is 5.78 Å². The maximum atomic E-state index is 13.5. The molecular formula is C31H30N2O8S. The zero-order chi connectivity index (χ0) is 30.4. The van der Waals surface area contributed by atoms with Crippen molar-refractivity contribution < 1.29 is 38.5 Å². The molecule has 1 aromatic heterocycles. The summed E-state index contributed by atoms with van der Waals surface area (Å²) in [4.78, 5) is 57.3. The fourth-order valence-electron chi connectivity index (χ4n) is 4.34. The van der Waals surface area contributed by atoms with Gasteiger partial charge in [-0.2, -0.15) is 0 Å². The summed E-state index contributed by atoms with van der Waals surface area (Å²) in [5.41, 5.74) is 1.12. The summed E-state index contributed by atoms with van der Waals surface area (Å²) >= 11 is 0.890. The Bertz CT molecular complexity index is 1540. The molecule has 0 unspecified atom stereocenters. The minimum atomic E-state index is -1.11. The number of unbranched alkanes of at least 4 members (excludes halogenated alkanes) is 1. The van der Waals surface area contributed by atoms with E-state index in [0.717, 1.165) is 29.1 Å². The summed E-state index contributed by atoms with van der Waals surface area (Å²) in [6.07, 6.45) is 3.30. The number of aliphatic hydroxyl groups excluding tert-OH is 1. The molecule has 3 aromatic rings. The van der Waals surface area contributed by atoms with Gasteiger partial charge in [0.05, 0.1) is 36.6 Å². The highest BCUT2D eigenvalue weighted by atomic mass is 32.1. The first-order valence-electron chi connectivity index (χ1n) is 13.2. The van der Waals surface area contributed by atoms with E-state index in [0.29, 0.717) is 29.2 Å². The third kappa shape index (κ3) is 6.10. The van der Waals surface area contributed by atoms with E-state index in [4.69, 9.17) is 14.2 Å². The van der Waals surface area contributed by atoms with Crippen LogP contribution in [0.3, 0.4) is 0 Å². The summed E-state index contributed by atoms with van der Waals surface area (Å²) in [6.45, 7) is 7.71. The standard InChI is InChI=1S/C31H30N2O8S/c1-5-7-17-40-22-14-12-20(13-15-22)25(34)23-24(19-8-10-21(11-9-19)29(37)39-4)33(28(36)26(23)35)31-32-18(3)27(42-31)30(38)41-16-6-2/h6,8-15,24,34H,2,5,7,16-17H2,1,3-4H3/t24-/m0/s1. The van der Waals surface area contributed by atoms with Crippen LogP contribution in [0.1, 0.15) is 62.7 Å². The highest BCUT2D eigenvalue weighted by Gasteiger charge is 2.48. The Kier molecular flexibility index (Phi) is 9.53. The first kappa shape index (κ1) is 30.2. The number of ketones is 1. The van der Waals surface area contributed by atoms with Crippen LogP contribution in [0.4, 0.5) is 5.13 Å². The topological polar surface area (TPSA) is 132 Å². The largest absolute Gasteiger partial charge is 0.507 e. The van der Waals surface area contributed by atoms with Crippen molar-refractivity contribution in [3.05, 3.63) is 94.0 Å². The molecule has 0 radical (unpaired) electrons. The summed E-state index contributed by atoms with van der Waals surface area (Å²) in [5, 5.41) is 11.5. The molecule has 10 nitrogen and oxygen atoms in total. The molecule has 0 aliphatic carbocycles. The third-order valence-corrected chi connectivity index (χ3v) is 7.63. The molecule has 42 heavy (non-hydrogen) atoms. The monoisotopic (exact) mass is 590 g/mol. The highest BCUT2D eigenvalue weighted by Crippen LogP contribution is 2.44. The third-order valence-electron chi connectivity index (χ3n) is 6.50. The van der Waals surface area contributed by atoms with E-state index < -0.39 is 35.4 Å². The number of anilines is 1. The molecule has 11 heteroatoms. The molecule has 2 heterocycles. The number of nitrogens with zero attached hydrogens (tertiary/aromatic N) is 2. The van der Waals surface area contributed by atoms with Crippen LogP contribution in [0.2, 0.25) is 0 Å². The lowest BCUT2D eigenvalue weighted by atomic mass is 9.94. The lowest BCUT2D eigenvalue weighted by molar-refractivity contribution is -0.132. The van der Waals surface area contributed by atoms with Crippen LogP contribution in [0.5, 0.6) is 5.75 Å². The van der Waals surface area contributed by atoms with E-state index >= 15 is 0 Å². The van der Waals surface area contributed by atoms with Gasteiger partial charge >= 0.3 is 17.8 Å². The maximum absolute atomic E-state index is 13.5. The number of hydrogen-bond donors (Lipinski definition) is 1. The molecule has 0 bridgehead atoms. The van der Waals surface area contributed by atoms with E-state index in [1.54, 1.807) is 43.3 Å². The minimum Gasteiger partial charge on any atom is -0.507 e. The van der Waals surface area contributed by atoms with E-state index in [-0.39, 0.29) is 27.8 Å². The second-order valence-electron chi connectivity index (χ2n) is 9.31. The van der Waals surface area contributed by atoms with Crippen LogP contribution in [0.15, 0.2) is 66.8 Å². The van der Waals surface area contributed by atoms with Crippen molar-refractivity contribution in [3.8, 4) is 5.75 Å². The molecule has 1 amide bonds. The number of aliphatic hydroxyl groups is 1. The summed E-state index contributed by atoms with van der Waals surface area (Å²) in [5.74, 6) is -2.86. The number of thiazole rings is 1. The molecule has 1 saturated heterocycles. The lowest BCUT2D eigenvalue weighted by Gasteiger charge is -2.23. The summed E-state index contributed by atoms with van der Waals surface area (Å²) in [6, 6.07) is 11.6. The van der Waals surface area contributed by atoms with Crippen LogP contribution >= 0.6 is 11.3 Å². The SMILES string of the molecule is C=CCOC(=O)c1sc(N2C(=O)C(=O)C(=C(O)c3ccc(OCCCC)cc3)[C@@H]2c2ccc(C(=O)OC)cc2)nc1C. The van der Waals surface area contributed by atoms with Crippen molar-refractivity contribution in [2.75, 3.05) is 25.2 Å². The number of Topliss-reactive ketones (excluding diaryl/α,β-unsaturated/α-hetero) is 1. The second kappa shape index (κ2) is 13.3. The Labute approximate surface area is 246 Å². The Balaban J connectivity index is 1.81. The van der Waals surface area contributed by atoms with E-state index in [2.05, 4.69) is 18.5 Å². The molecule has 1 fully saturated rings. The summed E-state index contributed by atoms with van der Waals surface area (Å²) in [7, 11) is 1.26. The zero-order valence-corrected chi connectivity index (χ0v) is 24.2. The Morgan fingerprint density at radius 3 is 2.36 bits per heavy atom. The molecule has 2 aromatic carbocycles. The smallest absolute Gasteiger partial charge is 0.350 e. The first-order valence-corrected chi connectivity index (χ1v) is 14.0. The van der Waals surface area contributed by atoms with Crippen molar-refractivity contribution >= 4 is 45.9 Å². The average molecular weight is 591 g/mol. The number of ether oxygens (including phenoxy) is 3. The van der Waals surface area contributed by atoms with Gasteiger partial charge in [-0.15, -0.1) is 0 Å². The van der Waals surface area contributed by atoms with Gasteiger partial charge in [0.15, 0.2) is 5.13 Å². The Morgan fingerprint density at radius 1 is 1.07 bits per heavy atom. The van der Waals surface area contributed by atoms with Gasteiger partial charge in [-0.05, 0) is 55.3 Å². The van der Waals surface area contributed by atoms with Crippen molar-refractivity contribution in [1.82, 2.24) is 4.98 Å². The normalized spacial score (nSPS) is 15.9. The minimum absolute atomic E-state index is 0.00893. The molecular weight excluding hydrogens is 560 g/mol. The molecule has 1 atom stereocenters. The van der Waals surface area contributed by atoms with Crippen molar-refractivity contribution in [2.45, 2.75) is 32.7 Å². The number of benzene rings is 2. The molecule has 1 N–H and O–H groups in total. The molecule has 4 rings (SSSR count). The van der Waals surface area contributed by atoms with Gasteiger partial charge < -0.3 is 19.3 Å². The number of aromatic nitrogens is 1. The molecule has 218 valence electrons. The van der Waals surface area contributed by atoms with Crippen LogP contribution < -0.4 is 9.64 Å². The quantitative estimate of drug-likeness (QED) is 0.0780. The lowest BCUT2D eigenvalue weighted by Crippen LogP contribution is -2.29. The number of methoxy groups -OCH3 is 1. The van der Waals surface area contributed by atoms with E-state index in [1.807, 2.05) is 0 Å². The van der Waals surface area contributed by atoms with Crippen molar-refractivity contribution in [2.24, 2.45) is 0 Å². The van der Waals surface area contributed by atoms with Gasteiger partial charge in [-0.3, -0.25) is 14.5 Å². The number of esters is 2. The highest BCUT2D eigenvalue weighted by molar-refractivity contribution is 7.17. The van der Waals surface area contributed by atoms with Crippen molar-refractivity contribution in [3.63, 3.8) is 0 Å². The van der Waals surface area contributed by atoms with E-state index in [1.165, 1.54) is 25.3 Å². The first-order chi connectivity index (χ1) is 20.2. The van der Waals surface area contributed by atoms with Gasteiger partial charge in [-0.25, -0.2) is 14.6 Å². The number of rotatable bonds is 11.